The zero-order valence-corrected chi connectivity index (χ0v) is 12.5. The van der Waals surface area contributed by atoms with Crippen LogP contribution < -0.4 is 11.2 Å². The lowest BCUT2D eigenvalue weighted by Crippen LogP contribution is -2.03. The number of nitrogens with one attached hydrogen (secondary N) is 1. The summed E-state index contributed by atoms with van der Waals surface area (Å²) in [5, 5.41) is 15.3. The van der Waals surface area contributed by atoms with Gasteiger partial charge in [0.25, 0.3) is 0 Å². The number of aromatic nitrogens is 1. The number of aromatic carboxylic acids is 1. The van der Waals surface area contributed by atoms with Crippen molar-refractivity contribution < 1.29 is 9.90 Å². The molecule has 0 saturated carbocycles. The van der Waals surface area contributed by atoms with Gasteiger partial charge in [0.15, 0.2) is 0 Å². The van der Waals surface area contributed by atoms with Gasteiger partial charge in [0.2, 0.25) is 5.13 Å². The molecule has 2 rings (SSSR count). The van der Waals surface area contributed by atoms with E-state index >= 15 is 0 Å². The summed E-state index contributed by atoms with van der Waals surface area (Å²) in [6.45, 7) is 0. The topological polar surface area (TPSA) is 101 Å². The van der Waals surface area contributed by atoms with Crippen LogP contribution in [-0.2, 0) is 0 Å². The molecular formula is C11H9IN4O2S. The number of anilines is 2. The van der Waals surface area contributed by atoms with Crippen molar-refractivity contribution in [2.75, 3.05) is 11.2 Å². The predicted octanol–water partition coefficient (Wildman–Crippen LogP) is 2.47. The van der Waals surface area contributed by atoms with Crippen molar-refractivity contribution in [3.63, 3.8) is 0 Å². The molecule has 0 fully saturated rings. The Hall–Kier alpha value is -1.68. The number of rotatable bonds is 4. The lowest BCUT2D eigenvalue weighted by molar-refractivity contribution is 0.0696. The third-order valence-corrected chi connectivity index (χ3v) is 3.57. The van der Waals surface area contributed by atoms with E-state index in [0.29, 0.717) is 16.5 Å². The van der Waals surface area contributed by atoms with Crippen LogP contribution >= 0.6 is 33.9 Å². The van der Waals surface area contributed by atoms with Gasteiger partial charge in [-0.05, 0) is 34.7 Å². The minimum atomic E-state index is -0.988. The van der Waals surface area contributed by atoms with Gasteiger partial charge in [-0.25, -0.2) is 9.78 Å². The van der Waals surface area contributed by atoms with Gasteiger partial charge in [0, 0.05) is 14.5 Å². The molecule has 0 aliphatic carbocycles. The first-order valence-corrected chi connectivity index (χ1v) is 7.05. The number of hydrogen-bond acceptors (Lipinski definition) is 6. The average molecular weight is 388 g/mol. The fourth-order valence-corrected chi connectivity index (χ4v) is 2.36. The number of carboxylic acids is 1. The minimum Gasteiger partial charge on any atom is -0.478 e. The molecule has 1 aromatic heterocycles. The number of nitrogen functional groups attached to an aromatic ring is 1. The number of nitrogens with two attached hydrogens (primary N) is 1. The van der Waals surface area contributed by atoms with E-state index in [0.717, 1.165) is 3.57 Å². The van der Waals surface area contributed by atoms with Crippen molar-refractivity contribution in [3.05, 3.63) is 38.3 Å². The van der Waals surface area contributed by atoms with E-state index in [4.69, 9.17) is 10.8 Å². The Kier molecular flexibility index (Phi) is 4.32. The largest absolute Gasteiger partial charge is 0.478 e. The van der Waals surface area contributed by atoms with Crippen molar-refractivity contribution in [2.45, 2.75) is 0 Å². The van der Waals surface area contributed by atoms with Gasteiger partial charge in [-0.15, -0.1) is 11.3 Å². The van der Waals surface area contributed by atoms with Crippen LogP contribution in [0.15, 0.2) is 28.7 Å². The van der Waals surface area contributed by atoms with Crippen molar-refractivity contribution >= 4 is 57.1 Å². The van der Waals surface area contributed by atoms with Crippen molar-refractivity contribution in [1.29, 1.82) is 0 Å². The number of halogens is 1. The molecule has 0 amide bonds. The van der Waals surface area contributed by atoms with Gasteiger partial charge >= 0.3 is 5.97 Å². The van der Waals surface area contributed by atoms with Crippen LogP contribution in [0, 0.1) is 3.57 Å². The van der Waals surface area contributed by atoms with Crippen LogP contribution in [0.1, 0.15) is 15.9 Å². The van der Waals surface area contributed by atoms with Crippen LogP contribution in [-0.4, -0.2) is 22.3 Å². The summed E-state index contributed by atoms with van der Waals surface area (Å²) in [5.41, 5.74) is 8.89. The molecule has 1 heterocycles. The Morgan fingerprint density at radius 3 is 3.00 bits per heavy atom. The number of carboxylic acid groups (broad SMARTS) is 1. The molecule has 0 saturated heterocycles. The molecule has 6 nitrogen and oxygen atoms in total. The van der Waals surface area contributed by atoms with E-state index in [1.165, 1.54) is 17.6 Å². The first-order valence-electron chi connectivity index (χ1n) is 5.09. The minimum absolute atomic E-state index is 0.205. The molecule has 19 heavy (non-hydrogen) atoms. The molecule has 4 N–H and O–H groups in total. The number of benzene rings is 1. The predicted molar refractivity (Wildman–Crippen MR) is 83.9 cm³/mol. The lowest BCUT2D eigenvalue weighted by atomic mass is 10.1. The summed E-state index contributed by atoms with van der Waals surface area (Å²) >= 11 is 3.38. The van der Waals surface area contributed by atoms with Gasteiger partial charge in [0.05, 0.1) is 11.8 Å². The molecule has 0 aliphatic rings. The van der Waals surface area contributed by atoms with Crippen LogP contribution in [0.5, 0.6) is 0 Å². The maximum Gasteiger partial charge on any atom is 0.336 e. The molecule has 0 atom stereocenters. The molecule has 98 valence electrons. The summed E-state index contributed by atoms with van der Waals surface area (Å²) < 4.78 is 0.854. The van der Waals surface area contributed by atoms with E-state index in [2.05, 4.69) is 38.1 Å². The molecule has 1 aromatic carbocycles. The fourth-order valence-electron chi connectivity index (χ4n) is 1.32. The highest BCUT2D eigenvalue weighted by atomic mass is 127. The number of carbonyl (C=O) groups is 1. The molecule has 8 heteroatoms. The third-order valence-electron chi connectivity index (χ3n) is 2.13. The van der Waals surface area contributed by atoms with Crippen molar-refractivity contribution in [1.82, 2.24) is 4.98 Å². The highest BCUT2D eigenvalue weighted by Crippen LogP contribution is 2.16. The second-order valence-corrected chi connectivity index (χ2v) is 5.59. The molecule has 0 aliphatic heterocycles. The highest BCUT2D eigenvalue weighted by Gasteiger charge is 2.08. The summed E-state index contributed by atoms with van der Waals surface area (Å²) in [6.07, 6.45) is 1.44. The van der Waals surface area contributed by atoms with Crippen molar-refractivity contribution in [2.24, 2.45) is 5.10 Å². The quantitative estimate of drug-likeness (QED) is 0.425. The molecular weight excluding hydrogens is 379 g/mol. The number of nitrogens with zero attached hydrogens (tertiary/aromatic N) is 2. The zero-order valence-electron chi connectivity index (χ0n) is 9.50. The van der Waals surface area contributed by atoms with Crippen molar-refractivity contribution in [3.8, 4) is 0 Å². The van der Waals surface area contributed by atoms with E-state index < -0.39 is 5.97 Å². The number of thiazole rings is 1. The Morgan fingerprint density at radius 1 is 1.58 bits per heavy atom. The maximum absolute atomic E-state index is 11.1. The smallest absolute Gasteiger partial charge is 0.336 e. The Bertz CT molecular complexity index is 641. The van der Waals surface area contributed by atoms with Gasteiger partial charge in [0.1, 0.15) is 5.82 Å². The average Bonchev–Trinajstić information content (AvgIpc) is 2.77. The lowest BCUT2D eigenvalue weighted by Gasteiger charge is -2.01. The number of hydrazone groups is 1. The summed E-state index contributed by atoms with van der Waals surface area (Å²) in [5.74, 6) is -0.568. The fraction of sp³-hybridized carbons (Fsp3) is 0. The van der Waals surface area contributed by atoms with Gasteiger partial charge in [-0.3, -0.25) is 5.43 Å². The van der Waals surface area contributed by atoms with E-state index in [1.807, 2.05) is 6.07 Å². The van der Waals surface area contributed by atoms with E-state index in [9.17, 15) is 4.79 Å². The first kappa shape index (κ1) is 13.7. The standard InChI is InChI=1S/C11H9IN4O2S/c12-7-2-1-6(8(3-7)10(17)18)4-14-16-11-15-9(13)5-19-11/h1-5H,13H2,(H,15,16)(H,17,18). The van der Waals surface area contributed by atoms with Gasteiger partial charge in [-0.2, -0.15) is 5.10 Å². The monoisotopic (exact) mass is 388 g/mol. The molecule has 0 radical (unpaired) electrons. The summed E-state index contributed by atoms with van der Waals surface area (Å²) in [6, 6.07) is 5.11. The second-order valence-electron chi connectivity index (χ2n) is 3.48. The van der Waals surface area contributed by atoms with Crippen LogP contribution in [0.4, 0.5) is 10.9 Å². The van der Waals surface area contributed by atoms with E-state index in [-0.39, 0.29) is 5.56 Å². The number of hydrogen-bond donors (Lipinski definition) is 3. The SMILES string of the molecule is Nc1csc(NN=Cc2ccc(I)cc2C(=O)O)n1. The van der Waals surface area contributed by atoms with Gasteiger partial charge < -0.3 is 10.8 Å². The normalized spacial score (nSPS) is 10.8. The molecule has 2 aromatic rings. The molecule has 0 bridgehead atoms. The highest BCUT2D eigenvalue weighted by molar-refractivity contribution is 14.1. The van der Waals surface area contributed by atoms with Crippen LogP contribution in [0.25, 0.3) is 0 Å². The second kappa shape index (κ2) is 5.97. The molecule has 0 spiro atoms. The molecule has 0 unspecified atom stereocenters. The summed E-state index contributed by atoms with van der Waals surface area (Å²) in [7, 11) is 0. The Balaban J connectivity index is 2.16. The van der Waals surface area contributed by atoms with E-state index in [1.54, 1.807) is 17.5 Å². The van der Waals surface area contributed by atoms with Gasteiger partial charge in [-0.1, -0.05) is 6.07 Å². The first-order chi connectivity index (χ1) is 9.06. The zero-order chi connectivity index (χ0) is 13.8. The third kappa shape index (κ3) is 3.64. The van der Waals surface area contributed by atoms with Crippen LogP contribution in [0.3, 0.4) is 0 Å². The Labute approximate surface area is 126 Å². The maximum atomic E-state index is 11.1. The van der Waals surface area contributed by atoms with Crippen LogP contribution in [0.2, 0.25) is 0 Å². The Morgan fingerprint density at radius 2 is 2.37 bits per heavy atom. The summed E-state index contributed by atoms with van der Waals surface area (Å²) in [4.78, 5) is 15.1.